The van der Waals surface area contributed by atoms with E-state index in [1.165, 1.54) is 5.56 Å². The molecule has 17 heavy (non-hydrogen) atoms. The fourth-order valence-corrected chi connectivity index (χ4v) is 2.13. The van der Waals surface area contributed by atoms with Gasteiger partial charge in [-0.2, -0.15) is 0 Å². The second-order valence-electron chi connectivity index (χ2n) is 4.58. The summed E-state index contributed by atoms with van der Waals surface area (Å²) < 4.78 is 0. The van der Waals surface area contributed by atoms with Crippen molar-refractivity contribution in [2.45, 2.75) is 19.5 Å². The fourth-order valence-electron chi connectivity index (χ4n) is 2.13. The summed E-state index contributed by atoms with van der Waals surface area (Å²) in [5.74, 6) is -0.368. The Morgan fingerprint density at radius 1 is 1.47 bits per heavy atom. The van der Waals surface area contributed by atoms with Crippen LogP contribution in [0.5, 0.6) is 0 Å². The lowest BCUT2D eigenvalue weighted by molar-refractivity contribution is 0.1000. The van der Waals surface area contributed by atoms with Crippen molar-refractivity contribution in [2.75, 3.05) is 19.6 Å². The average molecular weight is 233 g/mol. The molecule has 1 fully saturated rings. The third-order valence-electron chi connectivity index (χ3n) is 3.26. The van der Waals surface area contributed by atoms with E-state index in [4.69, 9.17) is 5.73 Å². The molecule has 4 heteroatoms. The highest BCUT2D eigenvalue weighted by atomic mass is 16.1. The summed E-state index contributed by atoms with van der Waals surface area (Å²) in [5, 5.41) is 3.37. The van der Waals surface area contributed by atoms with Crippen LogP contribution in [0.3, 0.4) is 0 Å². The predicted octanol–water partition coefficient (Wildman–Crippen LogP) is 0.579. The van der Waals surface area contributed by atoms with Gasteiger partial charge >= 0.3 is 0 Å². The average Bonchev–Trinajstić information content (AvgIpc) is 2.33. The SMILES string of the molecule is C[C@H]1CNCCN1Cc1ccc(C(N)=O)cc1. The molecule has 1 atom stereocenters. The van der Waals surface area contributed by atoms with Crippen LogP contribution in [0.4, 0.5) is 0 Å². The third-order valence-corrected chi connectivity index (χ3v) is 3.26. The topological polar surface area (TPSA) is 58.4 Å². The van der Waals surface area contributed by atoms with Crippen molar-refractivity contribution in [3.63, 3.8) is 0 Å². The normalized spacial score (nSPS) is 21.4. The molecule has 3 N–H and O–H groups in total. The maximum atomic E-state index is 11.0. The molecule has 1 heterocycles. The van der Waals surface area contributed by atoms with Crippen molar-refractivity contribution in [2.24, 2.45) is 5.73 Å². The van der Waals surface area contributed by atoms with Crippen molar-refractivity contribution in [3.05, 3.63) is 35.4 Å². The molecule has 4 nitrogen and oxygen atoms in total. The van der Waals surface area contributed by atoms with Gasteiger partial charge in [-0.25, -0.2) is 0 Å². The predicted molar refractivity (Wildman–Crippen MR) is 67.7 cm³/mol. The number of benzene rings is 1. The molecular weight excluding hydrogens is 214 g/mol. The number of primary amides is 1. The Balaban J connectivity index is 2.00. The lowest BCUT2D eigenvalue weighted by Crippen LogP contribution is -2.49. The summed E-state index contributed by atoms with van der Waals surface area (Å²) in [6, 6.07) is 8.11. The molecule has 0 radical (unpaired) electrons. The minimum atomic E-state index is -0.368. The van der Waals surface area contributed by atoms with Crippen molar-refractivity contribution in [3.8, 4) is 0 Å². The molecule has 0 aliphatic carbocycles. The second-order valence-corrected chi connectivity index (χ2v) is 4.58. The van der Waals surface area contributed by atoms with Gasteiger partial charge in [-0.15, -0.1) is 0 Å². The summed E-state index contributed by atoms with van der Waals surface area (Å²) in [4.78, 5) is 13.4. The maximum Gasteiger partial charge on any atom is 0.248 e. The molecule has 0 saturated carbocycles. The number of amides is 1. The van der Waals surface area contributed by atoms with Gasteiger partial charge in [0.15, 0.2) is 0 Å². The van der Waals surface area contributed by atoms with E-state index >= 15 is 0 Å². The largest absolute Gasteiger partial charge is 0.366 e. The number of carbonyl (C=O) groups excluding carboxylic acids is 1. The van der Waals surface area contributed by atoms with Gasteiger partial charge in [0.1, 0.15) is 0 Å². The van der Waals surface area contributed by atoms with Crippen LogP contribution in [0.25, 0.3) is 0 Å². The van der Waals surface area contributed by atoms with E-state index in [1.807, 2.05) is 12.1 Å². The van der Waals surface area contributed by atoms with E-state index in [1.54, 1.807) is 12.1 Å². The quantitative estimate of drug-likeness (QED) is 0.803. The highest BCUT2D eigenvalue weighted by molar-refractivity contribution is 5.92. The number of hydrogen-bond donors (Lipinski definition) is 2. The number of nitrogens with two attached hydrogens (primary N) is 1. The summed E-state index contributed by atoms with van der Waals surface area (Å²) in [5.41, 5.74) is 7.01. The summed E-state index contributed by atoms with van der Waals surface area (Å²) in [7, 11) is 0. The number of carbonyl (C=O) groups is 1. The smallest absolute Gasteiger partial charge is 0.248 e. The van der Waals surface area contributed by atoms with Crippen LogP contribution in [0, 0.1) is 0 Å². The Morgan fingerprint density at radius 3 is 2.76 bits per heavy atom. The second kappa shape index (κ2) is 5.29. The van der Waals surface area contributed by atoms with Crippen molar-refractivity contribution in [1.82, 2.24) is 10.2 Å². The van der Waals surface area contributed by atoms with Crippen molar-refractivity contribution < 1.29 is 4.79 Å². The van der Waals surface area contributed by atoms with E-state index in [0.29, 0.717) is 11.6 Å². The monoisotopic (exact) mass is 233 g/mol. The van der Waals surface area contributed by atoms with Crippen LogP contribution >= 0.6 is 0 Å². The van der Waals surface area contributed by atoms with E-state index in [2.05, 4.69) is 17.1 Å². The van der Waals surface area contributed by atoms with Crippen LogP contribution in [-0.2, 0) is 6.54 Å². The van der Waals surface area contributed by atoms with Crippen LogP contribution < -0.4 is 11.1 Å². The summed E-state index contributed by atoms with van der Waals surface area (Å²) in [6.45, 7) is 6.31. The van der Waals surface area contributed by atoms with Gasteiger partial charge in [-0.3, -0.25) is 9.69 Å². The zero-order valence-electron chi connectivity index (χ0n) is 10.1. The molecule has 1 aliphatic heterocycles. The Morgan fingerprint density at radius 2 is 2.18 bits per heavy atom. The molecule has 2 rings (SSSR count). The van der Waals surface area contributed by atoms with Crippen molar-refractivity contribution >= 4 is 5.91 Å². The maximum absolute atomic E-state index is 11.0. The van der Waals surface area contributed by atoms with Gasteiger partial charge in [0.2, 0.25) is 5.91 Å². The minimum absolute atomic E-state index is 0.368. The number of piperazine rings is 1. The molecule has 0 spiro atoms. The first kappa shape index (κ1) is 12.1. The highest BCUT2D eigenvalue weighted by Gasteiger charge is 2.17. The van der Waals surface area contributed by atoms with E-state index in [9.17, 15) is 4.79 Å². The van der Waals surface area contributed by atoms with Crippen LogP contribution in [0.1, 0.15) is 22.8 Å². The van der Waals surface area contributed by atoms with Crippen molar-refractivity contribution in [1.29, 1.82) is 0 Å². The number of nitrogens with one attached hydrogen (secondary N) is 1. The summed E-state index contributed by atoms with van der Waals surface area (Å²) in [6.07, 6.45) is 0. The third kappa shape index (κ3) is 3.05. The Bertz CT molecular complexity index is 388. The lowest BCUT2D eigenvalue weighted by Gasteiger charge is -2.33. The van der Waals surface area contributed by atoms with Gasteiger partial charge in [0.25, 0.3) is 0 Å². The van der Waals surface area contributed by atoms with Crippen LogP contribution in [0.2, 0.25) is 0 Å². The van der Waals surface area contributed by atoms with E-state index in [0.717, 1.165) is 26.2 Å². The number of rotatable bonds is 3. The molecule has 1 aliphatic rings. The molecular formula is C13H19N3O. The number of nitrogens with zero attached hydrogens (tertiary/aromatic N) is 1. The molecule has 92 valence electrons. The molecule has 1 saturated heterocycles. The standard InChI is InChI=1S/C13H19N3O/c1-10-8-15-6-7-16(10)9-11-2-4-12(5-3-11)13(14)17/h2-5,10,15H,6-9H2,1H3,(H2,14,17)/t10-/m0/s1. The first-order valence-corrected chi connectivity index (χ1v) is 6.00. The van der Waals surface area contributed by atoms with Gasteiger partial charge in [-0.05, 0) is 24.6 Å². The molecule has 0 bridgehead atoms. The Hall–Kier alpha value is -1.39. The molecule has 0 aromatic heterocycles. The highest BCUT2D eigenvalue weighted by Crippen LogP contribution is 2.11. The van der Waals surface area contributed by atoms with Gasteiger partial charge in [-0.1, -0.05) is 12.1 Å². The molecule has 1 aromatic rings. The Labute approximate surface area is 102 Å². The first-order valence-electron chi connectivity index (χ1n) is 6.00. The van der Waals surface area contributed by atoms with Gasteiger partial charge < -0.3 is 11.1 Å². The fraction of sp³-hybridized carbons (Fsp3) is 0.462. The van der Waals surface area contributed by atoms with Crippen LogP contribution in [0.15, 0.2) is 24.3 Å². The summed E-state index contributed by atoms with van der Waals surface area (Å²) >= 11 is 0. The minimum Gasteiger partial charge on any atom is -0.366 e. The first-order chi connectivity index (χ1) is 8.16. The number of hydrogen-bond acceptors (Lipinski definition) is 3. The van der Waals surface area contributed by atoms with E-state index < -0.39 is 0 Å². The Kier molecular flexibility index (Phi) is 3.76. The molecule has 1 amide bonds. The van der Waals surface area contributed by atoms with Gasteiger partial charge in [0.05, 0.1) is 0 Å². The zero-order valence-corrected chi connectivity index (χ0v) is 10.1. The van der Waals surface area contributed by atoms with Gasteiger partial charge in [0, 0.05) is 37.8 Å². The lowest BCUT2D eigenvalue weighted by atomic mass is 10.1. The van der Waals surface area contributed by atoms with Crippen LogP contribution in [-0.4, -0.2) is 36.5 Å². The molecule has 1 aromatic carbocycles. The van der Waals surface area contributed by atoms with E-state index in [-0.39, 0.29) is 5.91 Å². The zero-order chi connectivity index (χ0) is 12.3. The molecule has 0 unspecified atom stereocenters.